The molecule has 0 atom stereocenters. The van der Waals surface area contributed by atoms with Crippen molar-refractivity contribution in [2.75, 3.05) is 11.9 Å². The van der Waals surface area contributed by atoms with Crippen molar-refractivity contribution in [1.29, 1.82) is 0 Å². The van der Waals surface area contributed by atoms with Gasteiger partial charge in [0.25, 0.3) is 5.56 Å². The molecule has 1 N–H and O–H groups in total. The molecule has 2 rings (SSSR count). The van der Waals surface area contributed by atoms with Crippen LogP contribution in [0.15, 0.2) is 51.9 Å². The van der Waals surface area contributed by atoms with E-state index >= 15 is 0 Å². The third-order valence-electron chi connectivity index (χ3n) is 2.50. The number of hydrogen-bond acceptors (Lipinski definition) is 2. The van der Waals surface area contributed by atoms with Crippen LogP contribution in [0.2, 0.25) is 5.02 Å². The van der Waals surface area contributed by atoms with Gasteiger partial charge >= 0.3 is 0 Å². The molecular weight excluding hydrogens is 316 g/mol. The Morgan fingerprint density at radius 3 is 2.89 bits per heavy atom. The van der Waals surface area contributed by atoms with Gasteiger partial charge in [-0.3, -0.25) is 4.79 Å². The fraction of sp³-hybridized carbons (Fsp3) is 0.154. The van der Waals surface area contributed by atoms with Gasteiger partial charge in [-0.1, -0.05) is 33.6 Å². The van der Waals surface area contributed by atoms with Crippen LogP contribution in [0, 0.1) is 0 Å². The van der Waals surface area contributed by atoms with Gasteiger partial charge in [-0.25, -0.2) is 0 Å². The number of pyridine rings is 1. The molecule has 0 fully saturated rings. The Hall–Kier alpha value is -1.26. The highest BCUT2D eigenvalue weighted by atomic mass is 79.9. The summed E-state index contributed by atoms with van der Waals surface area (Å²) in [5.41, 5.74) is 0.856. The molecule has 5 heteroatoms. The average Bonchev–Trinajstić information content (AvgIpc) is 2.36. The SMILES string of the molecule is O=c1ccccn1CCNc1cc(Br)ccc1Cl. The zero-order chi connectivity index (χ0) is 13.0. The van der Waals surface area contributed by atoms with Crippen molar-refractivity contribution in [2.45, 2.75) is 6.54 Å². The van der Waals surface area contributed by atoms with Crippen molar-refractivity contribution in [1.82, 2.24) is 4.57 Å². The van der Waals surface area contributed by atoms with E-state index in [1.54, 1.807) is 22.9 Å². The predicted octanol–water partition coefficient (Wildman–Crippen LogP) is 3.38. The van der Waals surface area contributed by atoms with Crippen molar-refractivity contribution in [3.63, 3.8) is 0 Å². The Labute approximate surface area is 119 Å². The van der Waals surface area contributed by atoms with E-state index in [4.69, 9.17) is 11.6 Å². The molecule has 0 spiro atoms. The molecule has 1 aromatic heterocycles. The summed E-state index contributed by atoms with van der Waals surface area (Å²) >= 11 is 9.45. The highest BCUT2D eigenvalue weighted by Gasteiger charge is 2.00. The number of nitrogens with zero attached hydrogens (tertiary/aromatic N) is 1. The smallest absolute Gasteiger partial charge is 0.250 e. The number of rotatable bonds is 4. The summed E-state index contributed by atoms with van der Waals surface area (Å²) in [7, 11) is 0. The van der Waals surface area contributed by atoms with Gasteiger partial charge in [0, 0.05) is 29.8 Å². The Morgan fingerprint density at radius 1 is 1.28 bits per heavy atom. The standard InChI is InChI=1S/C13H12BrClN2O/c14-10-4-5-11(15)12(9-10)16-6-8-17-7-2-1-3-13(17)18/h1-5,7,9,16H,6,8H2. The monoisotopic (exact) mass is 326 g/mol. The molecule has 94 valence electrons. The van der Waals surface area contributed by atoms with Gasteiger partial charge in [-0.15, -0.1) is 0 Å². The van der Waals surface area contributed by atoms with Crippen molar-refractivity contribution in [3.05, 3.63) is 62.4 Å². The third-order valence-corrected chi connectivity index (χ3v) is 3.32. The van der Waals surface area contributed by atoms with Gasteiger partial charge in [0.05, 0.1) is 10.7 Å². The Morgan fingerprint density at radius 2 is 2.11 bits per heavy atom. The lowest BCUT2D eigenvalue weighted by Gasteiger charge is -2.10. The molecular formula is C13H12BrClN2O. The Bertz CT molecular complexity index is 598. The Kier molecular flexibility index (Phi) is 4.44. The van der Waals surface area contributed by atoms with Gasteiger partial charge in [0.2, 0.25) is 0 Å². The molecule has 3 nitrogen and oxygen atoms in total. The first kappa shape index (κ1) is 13.2. The van der Waals surface area contributed by atoms with E-state index in [-0.39, 0.29) is 5.56 Å². The molecule has 0 saturated heterocycles. The summed E-state index contributed by atoms with van der Waals surface area (Å²) in [4.78, 5) is 11.5. The van der Waals surface area contributed by atoms with E-state index in [0.717, 1.165) is 10.2 Å². The second kappa shape index (κ2) is 6.07. The zero-order valence-corrected chi connectivity index (χ0v) is 11.9. The number of hydrogen-bond donors (Lipinski definition) is 1. The van der Waals surface area contributed by atoms with Gasteiger partial charge in [-0.05, 0) is 24.3 Å². The number of halogens is 2. The second-order valence-electron chi connectivity index (χ2n) is 3.78. The minimum Gasteiger partial charge on any atom is -0.382 e. The molecule has 0 saturated carbocycles. The first-order chi connectivity index (χ1) is 8.66. The van der Waals surface area contributed by atoms with Gasteiger partial charge in [0.1, 0.15) is 0 Å². The molecule has 0 amide bonds. The van der Waals surface area contributed by atoms with E-state index in [0.29, 0.717) is 18.1 Å². The molecule has 2 aromatic rings. The minimum atomic E-state index is -0.000334. The maximum Gasteiger partial charge on any atom is 0.250 e. The van der Waals surface area contributed by atoms with Gasteiger partial charge in [-0.2, -0.15) is 0 Å². The van der Waals surface area contributed by atoms with Crippen molar-refractivity contribution in [3.8, 4) is 0 Å². The largest absolute Gasteiger partial charge is 0.382 e. The van der Waals surface area contributed by atoms with Crippen LogP contribution in [0.3, 0.4) is 0 Å². The summed E-state index contributed by atoms with van der Waals surface area (Å²) in [5.74, 6) is 0. The fourth-order valence-corrected chi connectivity index (χ4v) is 2.13. The molecule has 18 heavy (non-hydrogen) atoms. The predicted molar refractivity (Wildman–Crippen MR) is 78.3 cm³/mol. The molecule has 0 radical (unpaired) electrons. The highest BCUT2D eigenvalue weighted by Crippen LogP contribution is 2.25. The maximum absolute atomic E-state index is 11.5. The highest BCUT2D eigenvalue weighted by molar-refractivity contribution is 9.10. The molecule has 0 aliphatic rings. The van der Waals surface area contributed by atoms with Crippen LogP contribution in [0.25, 0.3) is 0 Å². The van der Waals surface area contributed by atoms with Crippen LogP contribution in [-0.4, -0.2) is 11.1 Å². The van der Waals surface area contributed by atoms with Crippen molar-refractivity contribution >= 4 is 33.2 Å². The van der Waals surface area contributed by atoms with E-state index in [9.17, 15) is 4.79 Å². The Balaban J connectivity index is 1.99. The summed E-state index contributed by atoms with van der Waals surface area (Å²) in [6.45, 7) is 1.24. The molecule has 0 unspecified atom stereocenters. The number of aromatic nitrogens is 1. The lowest BCUT2D eigenvalue weighted by molar-refractivity contribution is 0.697. The van der Waals surface area contributed by atoms with Crippen molar-refractivity contribution < 1.29 is 0 Å². The number of nitrogens with one attached hydrogen (secondary N) is 1. The van der Waals surface area contributed by atoms with Crippen LogP contribution in [0.1, 0.15) is 0 Å². The summed E-state index contributed by atoms with van der Waals surface area (Å²) in [6.07, 6.45) is 1.77. The fourth-order valence-electron chi connectivity index (χ4n) is 1.59. The summed E-state index contributed by atoms with van der Waals surface area (Å²) in [5, 5.41) is 3.87. The molecule has 0 aliphatic carbocycles. The van der Waals surface area contributed by atoms with Crippen molar-refractivity contribution in [2.24, 2.45) is 0 Å². The molecule has 1 heterocycles. The third kappa shape index (κ3) is 3.37. The van der Waals surface area contributed by atoms with Crippen LogP contribution in [-0.2, 0) is 6.54 Å². The summed E-state index contributed by atoms with van der Waals surface area (Å²) < 4.78 is 2.62. The van der Waals surface area contributed by atoms with Crippen LogP contribution in [0.5, 0.6) is 0 Å². The molecule has 1 aromatic carbocycles. The van der Waals surface area contributed by atoms with E-state index in [1.807, 2.05) is 24.3 Å². The normalized spacial score (nSPS) is 10.3. The number of benzene rings is 1. The van der Waals surface area contributed by atoms with E-state index in [2.05, 4.69) is 21.2 Å². The van der Waals surface area contributed by atoms with E-state index < -0.39 is 0 Å². The first-order valence-electron chi connectivity index (χ1n) is 5.51. The lowest BCUT2D eigenvalue weighted by atomic mass is 10.3. The van der Waals surface area contributed by atoms with Gasteiger partial charge in [0.15, 0.2) is 0 Å². The van der Waals surface area contributed by atoms with E-state index in [1.165, 1.54) is 0 Å². The maximum atomic E-state index is 11.5. The van der Waals surface area contributed by atoms with Crippen LogP contribution < -0.4 is 10.9 Å². The summed E-state index contributed by atoms with van der Waals surface area (Å²) in [6, 6.07) is 10.7. The minimum absolute atomic E-state index is 0.000334. The zero-order valence-electron chi connectivity index (χ0n) is 9.57. The van der Waals surface area contributed by atoms with Crippen LogP contribution in [0.4, 0.5) is 5.69 Å². The topological polar surface area (TPSA) is 34.0 Å². The lowest BCUT2D eigenvalue weighted by Crippen LogP contribution is -2.22. The first-order valence-corrected chi connectivity index (χ1v) is 6.68. The molecule has 0 bridgehead atoms. The second-order valence-corrected chi connectivity index (χ2v) is 5.11. The number of anilines is 1. The molecule has 0 aliphatic heterocycles. The average molecular weight is 328 g/mol. The quantitative estimate of drug-likeness (QED) is 0.934. The van der Waals surface area contributed by atoms with Gasteiger partial charge < -0.3 is 9.88 Å². The van der Waals surface area contributed by atoms with Crippen LogP contribution >= 0.6 is 27.5 Å².